The van der Waals surface area contributed by atoms with Gasteiger partial charge in [0.25, 0.3) is 0 Å². The Labute approximate surface area is 379 Å². The van der Waals surface area contributed by atoms with Gasteiger partial charge < -0.3 is 24.1 Å². The van der Waals surface area contributed by atoms with Crippen molar-refractivity contribution >= 4 is 23.9 Å². The Kier molecular flexibility index (Phi) is 31.7. The molecule has 0 radical (unpaired) electrons. The Bertz CT molecular complexity index is 1030. The van der Waals surface area contributed by atoms with E-state index in [1.165, 1.54) is 51.4 Å². The quantitative estimate of drug-likeness (QED) is 0.0359. The second-order valence-corrected chi connectivity index (χ2v) is 19.5. The smallest absolute Gasteiger partial charge is 0.305 e. The van der Waals surface area contributed by atoms with Crippen LogP contribution >= 0.6 is 0 Å². The highest BCUT2D eigenvalue weighted by atomic mass is 16.6. The molecular weight excluding hydrogens is 783 g/mol. The molecule has 3 fully saturated rings. The molecule has 0 aromatic rings. The molecule has 0 saturated heterocycles. The third-order valence-corrected chi connectivity index (χ3v) is 13.6. The summed E-state index contributed by atoms with van der Waals surface area (Å²) in [5.41, 5.74) is 0.272. The van der Waals surface area contributed by atoms with E-state index in [9.17, 15) is 24.3 Å². The molecule has 3 aliphatic carbocycles. The van der Waals surface area contributed by atoms with Crippen LogP contribution in [0.15, 0.2) is 0 Å². The lowest BCUT2D eigenvalue weighted by atomic mass is 9.39. The first-order valence-corrected chi connectivity index (χ1v) is 26.1. The summed E-state index contributed by atoms with van der Waals surface area (Å²) in [6.45, 7) is 12.1. The highest BCUT2D eigenvalue weighted by Gasteiger charge is 2.69. The first kappa shape index (κ1) is 55.9. The van der Waals surface area contributed by atoms with E-state index in [0.717, 1.165) is 148 Å². The number of esters is 4. The van der Waals surface area contributed by atoms with Crippen LogP contribution < -0.4 is 0 Å². The second-order valence-electron chi connectivity index (χ2n) is 19.5. The van der Waals surface area contributed by atoms with Crippen molar-refractivity contribution in [1.82, 2.24) is 4.90 Å². The van der Waals surface area contributed by atoms with Crippen molar-refractivity contribution in [2.45, 2.75) is 245 Å². The summed E-state index contributed by atoms with van der Waals surface area (Å²) in [6, 6.07) is 0. The average molecular weight is 878 g/mol. The van der Waals surface area contributed by atoms with Gasteiger partial charge in [-0.1, -0.05) is 143 Å². The van der Waals surface area contributed by atoms with Crippen molar-refractivity contribution in [2.24, 2.45) is 17.3 Å². The van der Waals surface area contributed by atoms with E-state index in [1.54, 1.807) is 0 Å². The number of aliphatic hydroxyl groups excluding tert-OH is 1. The Morgan fingerprint density at radius 2 is 0.726 bits per heavy atom. The average Bonchev–Trinajstić information content (AvgIpc) is 3.23. The van der Waals surface area contributed by atoms with Crippen LogP contribution in [0.3, 0.4) is 0 Å². The molecule has 0 spiro atoms. The fourth-order valence-corrected chi connectivity index (χ4v) is 9.55. The van der Waals surface area contributed by atoms with E-state index < -0.39 is 0 Å². The molecule has 62 heavy (non-hydrogen) atoms. The molecule has 0 heterocycles. The zero-order valence-corrected chi connectivity index (χ0v) is 40.6. The SMILES string of the molecule is CCCCCCCC(=O)OCC(CCCCN(CCCCC(COC(=O)CCCCCCC)COC(=O)CCCCCCC)C12CC(CO)(C1)C2)COC(=O)CCCCCCC. The lowest BCUT2D eigenvalue weighted by Crippen LogP contribution is -2.75. The maximum absolute atomic E-state index is 12.6. The summed E-state index contributed by atoms with van der Waals surface area (Å²) in [4.78, 5) is 53.1. The van der Waals surface area contributed by atoms with Gasteiger partial charge in [0.15, 0.2) is 0 Å². The number of nitrogens with zero attached hydrogens (tertiary/aromatic N) is 1. The van der Waals surface area contributed by atoms with Crippen LogP contribution in [0.1, 0.15) is 240 Å². The Hall–Kier alpha value is -2.20. The highest BCUT2D eigenvalue weighted by molar-refractivity contribution is 5.70. The molecule has 0 amide bonds. The van der Waals surface area contributed by atoms with Gasteiger partial charge in [-0.2, -0.15) is 0 Å². The lowest BCUT2D eigenvalue weighted by molar-refractivity contribution is -0.236. The van der Waals surface area contributed by atoms with Crippen LogP contribution in [0.25, 0.3) is 0 Å². The minimum Gasteiger partial charge on any atom is -0.465 e. The standard InChI is InChI=1S/C52H95NO9/c1-5-9-13-17-21-31-47(55)59-37-45(38-60-48(56)32-22-18-14-10-6-2)29-25-27-35-53(52-41-51(42-52,43-52)44-54)36-28-26-30-46(39-61-49(57)33-23-19-15-11-7-3)40-62-50(58)34-24-20-16-12-8-4/h45-46,54H,5-44H2,1-4H3. The van der Waals surface area contributed by atoms with Gasteiger partial charge in [0.05, 0.1) is 26.4 Å². The van der Waals surface area contributed by atoms with Gasteiger partial charge in [0.2, 0.25) is 0 Å². The molecule has 0 aromatic carbocycles. The number of carbonyl (C=O) groups excluding carboxylic acids is 4. The van der Waals surface area contributed by atoms with Crippen LogP contribution in [0.5, 0.6) is 0 Å². The van der Waals surface area contributed by atoms with E-state index >= 15 is 0 Å². The minimum absolute atomic E-state index is 0.0219. The maximum Gasteiger partial charge on any atom is 0.305 e. The van der Waals surface area contributed by atoms with E-state index in [-0.39, 0.29) is 79.7 Å². The topological polar surface area (TPSA) is 129 Å². The molecule has 0 unspecified atom stereocenters. The van der Waals surface area contributed by atoms with Crippen LogP contribution in [0.2, 0.25) is 0 Å². The number of unbranched alkanes of at least 4 members (excludes halogenated alkanes) is 18. The summed E-state index contributed by atoms with van der Waals surface area (Å²) < 4.78 is 23.0. The highest BCUT2D eigenvalue weighted by Crippen LogP contribution is 2.69. The van der Waals surface area contributed by atoms with Gasteiger partial charge in [0, 0.05) is 49.7 Å². The summed E-state index contributed by atoms with van der Waals surface area (Å²) in [7, 11) is 0. The predicted octanol–water partition coefficient (Wildman–Crippen LogP) is 12.4. The summed E-state index contributed by atoms with van der Waals surface area (Å²) >= 11 is 0. The van der Waals surface area contributed by atoms with Gasteiger partial charge in [-0.3, -0.25) is 24.1 Å². The van der Waals surface area contributed by atoms with E-state index in [2.05, 4.69) is 32.6 Å². The molecule has 1 N–H and O–H groups in total. The summed E-state index contributed by atoms with van der Waals surface area (Å²) in [6.07, 6.45) is 32.1. The summed E-state index contributed by atoms with van der Waals surface area (Å²) in [5.74, 6) is -0.671. The number of rotatable bonds is 44. The van der Waals surface area contributed by atoms with Gasteiger partial charge in [-0.25, -0.2) is 0 Å². The van der Waals surface area contributed by atoms with Crippen molar-refractivity contribution in [3.63, 3.8) is 0 Å². The largest absolute Gasteiger partial charge is 0.465 e. The van der Waals surface area contributed by atoms with Gasteiger partial charge in [-0.15, -0.1) is 0 Å². The number of aliphatic hydroxyl groups is 1. The van der Waals surface area contributed by atoms with E-state index in [0.29, 0.717) is 25.7 Å². The van der Waals surface area contributed by atoms with Crippen LogP contribution in [-0.4, -0.2) is 85.5 Å². The summed E-state index contributed by atoms with van der Waals surface area (Å²) in [5, 5.41) is 10.1. The minimum atomic E-state index is -0.157. The fourth-order valence-electron chi connectivity index (χ4n) is 9.55. The van der Waals surface area contributed by atoms with Crippen LogP contribution in [-0.2, 0) is 38.1 Å². The number of hydrogen-bond acceptors (Lipinski definition) is 10. The molecule has 0 atom stereocenters. The number of hydrogen-bond donors (Lipinski definition) is 1. The van der Waals surface area contributed by atoms with E-state index in [4.69, 9.17) is 18.9 Å². The third kappa shape index (κ3) is 24.8. The fraction of sp³-hybridized carbons (Fsp3) is 0.923. The van der Waals surface area contributed by atoms with Crippen molar-refractivity contribution in [3.05, 3.63) is 0 Å². The second kappa shape index (κ2) is 35.1. The monoisotopic (exact) mass is 878 g/mol. The zero-order chi connectivity index (χ0) is 45.2. The molecule has 10 nitrogen and oxygen atoms in total. The van der Waals surface area contributed by atoms with Gasteiger partial charge in [-0.05, 0) is 89.1 Å². The van der Waals surface area contributed by atoms with Gasteiger partial charge in [0.1, 0.15) is 0 Å². The normalized spacial score (nSPS) is 17.9. The van der Waals surface area contributed by atoms with Crippen LogP contribution in [0, 0.1) is 17.3 Å². The molecule has 0 aromatic heterocycles. The molecule has 2 bridgehead atoms. The third-order valence-electron chi connectivity index (χ3n) is 13.6. The first-order valence-electron chi connectivity index (χ1n) is 26.1. The van der Waals surface area contributed by atoms with Crippen molar-refractivity contribution in [3.8, 4) is 0 Å². The Morgan fingerprint density at radius 3 is 1.00 bits per heavy atom. The number of ether oxygens (including phenoxy) is 4. The van der Waals surface area contributed by atoms with Crippen molar-refractivity contribution in [2.75, 3.05) is 46.1 Å². The molecule has 3 rings (SSSR count). The molecule has 10 heteroatoms. The molecule has 3 aliphatic rings. The predicted molar refractivity (Wildman–Crippen MR) is 250 cm³/mol. The first-order chi connectivity index (χ1) is 30.1. The van der Waals surface area contributed by atoms with Gasteiger partial charge >= 0.3 is 23.9 Å². The van der Waals surface area contributed by atoms with Crippen LogP contribution in [0.4, 0.5) is 0 Å². The van der Waals surface area contributed by atoms with Crippen molar-refractivity contribution in [1.29, 1.82) is 0 Å². The molecule has 3 saturated carbocycles. The van der Waals surface area contributed by atoms with Crippen molar-refractivity contribution < 1.29 is 43.2 Å². The zero-order valence-electron chi connectivity index (χ0n) is 40.6. The molecule has 0 aliphatic heterocycles. The Balaban J connectivity index is 1.92. The lowest BCUT2D eigenvalue weighted by Gasteiger charge is -2.74. The Morgan fingerprint density at radius 1 is 0.435 bits per heavy atom. The van der Waals surface area contributed by atoms with E-state index in [1.807, 2.05) is 0 Å². The maximum atomic E-state index is 12.6. The molecular formula is C52H95NO9. The number of carbonyl (C=O) groups is 4. The molecule has 362 valence electrons.